The molecule has 1 aliphatic carbocycles. The molecule has 1 unspecified atom stereocenters. The molecule has 1 saturated carbocycles. The van der Waals surface area contributed by atoms with Crippen molar-refractivity contribution >= 4 is 6.03 Å². The van der Waals surface area contributed by atoms with E-state index in [1.165, 1.54) is 12.8 Å². The van der Waals surface area contributed by atoms with Crippen molar-refractivity contribution in [3.63, 3.8) is 0 Å². The predicted octanol–water partition coefficient (Wildman–Crippen LogP) is 2.13. The molecule has 2 N–H and O–H groups in total. The number of hydrogen-bond acceptors (Lipinski definition) is 1. The Morgan fingerprint density at radius 3 is 2.43 bits per heavy atom. The third-order valence-corrected chi connectivity index (χ3v) is 2.50. The molecule has 3 heteroatoms. The first-order chi connectivity index (χ1) is 6.38. The molecule has 1 atom stereocenters. The molecule has 14 heavy (non-hydrogen) atoms. The SMILES string of the molecule is CC(CNC(=O)NC(C)(C)C)C1CC1. The molecule has 82 valence electrons. The second-order valence-corrected chi connectivity index (χ2v) is 5.40. The van der Waals surface area contributed by atoms with Crippen LogP contribution in [0.25, 0.3) is 0 Å². The van der Waals surface area contributed by atoms with E-state index in [2.05, 4.69) is 17.6 Å². The number of rotatable bonds is 3. The van der Waals surface area contributed by atoms with Gasteiger partial charge in [0.25, 0.3) is 0 Å². The Hall–Kier alpha value is -0.730. The number of amides is 2. The Morgan fingerprint density at radius 2 is 2.00 bits per heavy atom. The molecular weight excluding hydrogens is 176 g/mol. The summed E-state index contributed by atoms with van der Waals surface area (Å²) in [5.74, 6) is 1.48. The molecule has 0 spiro atoms. The summed E-state index contributed by atoms with van der Waals surface area (Å²) in [5.41, 5.74) is -0.146. The Kier molecular flexibility index (Phi) is 3.40. The van der Waals surface area contributed by atoms with Gasteiger partial charge in [0, 0.05) is 12.1 Å². The lowest BCUT2D eigenvalue weighted by molar-refractivity contribution is 0.230. The van der Waals surface area contributed by atoms with E-state index in [1.807, 2.05) is 20.8 Å². The standard InChI is InChI=1S/C11H22N2O/c1-8(9-5-6-9)7-12-10(14)13-11(2,3)4/h8-9H,5-7H2,1-4H3,(H2,12,13,14). The number of hydrogen-bond donors (Lipinski definition) is 2. The second-order valence-electron chi connectivity index (χ2n) is 5.40. The zero-order valence-electron chi connectivity index (χ0n) is 9.68. The summed E-state index contributed by atoms with van der Waals surface area (Å²) in [6, 6.07) is -0.0509. The van der Waals surface area contributed by atoms with Gasteiger partial charge in [-0.2, -0.15) is 0 Å². The van der Waals surface area contributed by atoms with Crippen LogP contribution in [0.2, 0.25) is 0 Å². The van der Waals surface area contributed by atoms with Crippen molar-refractivity contribution in [3.05, 3.63) is 0 Å². The Morgan fingerprint density at radius 1 is 1.43 bits per heavy atom. The lowest BCUT2D eigenvalue weighted by atomic mass is 10.1. The summed E-state index contributed by atoms with van der Waals surface area (Å²) in [7, 11) is 0. The molecule has 0 aromatic rings. The molecule has 2 amide bonds. The highest BCUT2D eigenvalue weighted by molar-refractivity contribution is 5.74. The Bertz CT molecular complexity index is 204. The number of carbonyl (C=O) groups excluding carboxylic acids is 1. The molecule has 0 aromatic heterocycles. The minimum absolute atomic E-state index is 0.0509. The molecule has 0 aromatic carbocycles. The molecule has 0 heterocycles. The predicted molar refractivity (Wildman–Crippen MR) is 58.2 cm³/mol. The van der Waals surface area contributed by atoms with E-state index in [1.54, 1.807) is 0 Å². The summed E-state index contributed by atoms with van der Waals surface area (Å²) in [6.07, 6.45) is 2.67. The maximum absolute atomic E-state index is 11.4. The van der Waals surface area contributed by atoms with Crippen molar-refractivity contribution in [1.82, 2.24) is 10.6 Å². The summed E-state index contributed by atoms with van der Waals surface area (Å²) in [4.78, 5) is 11.4. The maximum atomic E-state index is 11.4. The normalized spacial score (nSPS) is 18.9. The van der Waals surface area contributed by atoms with Crippen LogP contribution >= 0.6 is 0 Å². The van der Waals surface area contributed by atoms with Gasteiger partial charge < -0.3 is 10.6 Å². The van der Waals surface area contributed by atoms with Gasteiger partial charge in [-0.1, -0.05) is 6.92 Å². The van der Waals surface area contributed by atoms with Crippen LogP contribution in [0.4, 0.5) is 4.79 Å². The zero-order valence-corrected chi connectivity index (χ0v) is 9.68. The van der Waals surface area contributed by atoms with Crippen LogP contribution in [0.1, 0.15) is 40.5 Å². The van der Waals surface area contributed by atoms with Crippen LogP contribution in [0.15, 0.2) is 0 Å². The van der Waals surface area contributed by atoms with E-state index in [0.717, 1.165) is 12.5 Å². The number of urea groups is 1. The van der Waals surface area contributed by atoms with Crippen LogP contribution in [0.3, 0.4) is 0 Å². The molecular formula is C11H22N2O. The van der Waals surface area contributed by atoms with Crippen LogP contribution in [-0.2, 0) is 0 Å². The highest BCUT2D eigenvalue weighted by atomic mass is 16.2. The average Bonchev–Trinajstić information content (AvgIpc) is 2.78. The van der Waals surface area contributed by atoms with Crippen molar-refractivity contribution in [1.29, 1.82) is 0 Å². The summed E-state index contributed by atoms with van der Waals surface area (Å²) >= 11 is 0. The second kappa shape index (κ2) is 4.20. The Balaban J connectivity index is 2.14. The fourth-order valence-corrected chi connectivity index (χ4v) is 1.47. The molecule has 1 aliphatic rings. The average molecular weight is 198 g/mol. The van der Waals surface area contributed by atoms with Gasteiger partial charge in [0.15, 0.2) is 0 Å². The van der Waals surface area contributed by atoms with Crippen LogP contribution in [0, 0.1) is 11.8 Å². The minimum Gasteiger partial charge on any atom is -0.338 e. The molecule has 1 rings (SSSR count). The van der Waals surface area contributed by atoms with E-state index < -0.39 is 0 Å². The highest BCUT2D eigenvalue weighted by Crippen LogP contribution is 2.35. The van der Waals surface area contributed by atoms with Crippen molar-refractivity contribution in [3.8, 4) is 0 Å². The van der Waals surface area contributed by atoms with Gasteiger partial charge in [-0.15, -0.1) is 0 Å². The molecule has 0 radical (unpaired) electrons. The van der Waals surface area contributed by atoms with E-state index in [9.17, 15) is 4.79 Å². The summed E-state index contributed by atoms with van der Waals surface area (Å²) in [5, 5.41) is 5.79. The molecule has 3 nitrogen and oxygen atoms in total. The van der Waals surface area contributed by atoms with E-state index in [4.69, 9.17) is 0 Å². The van der Waals surface area contributed by atoms with Crippen molar-refractivity contribution in [2.24, 2.45) is 11.8 Å². The largest absolute Gasteiger partial charge is 0.338 e. The fraction of sp³-hybridized carbons (Fsp3) is 0.909. The third-order valence-electron chi connectivity index (χ3n) is 2.50. The first kappa shape index (κ1) is 11.3. The van der Waals surface area contributed by atoms with Gasteiger partial charge >= 0.3 is 6.03 Å². The first-order valence-electron chi connectivity index (χ1n) is 5.44. The topological polar surface area (TPSA) is 41.1 Å². The van der Waals surface area contributed by atoms with Gasteiger partial charge in [-0.05, 0) is 45.4 Å². The van der Waals surface area contributed by atoms with Gasteiger partial charge in [0.1, 0.15) is 0 Å². The van der Waals surface area contributed by atoms with Crippen LogP contribution < -0.4 is 10.6 Å². The van der Waals surface area contributed by atoms with Gasteiger partial charge in [0.05, 0.1) is 0 Å². The quantitative estimate of drug-likeness (QED) is 0.716. The number of nitrogens with one attached hydrogen (secondary N) is 2. The van der Waals surface area contributed by atoms with Gasteiger partial charge in [0.2, 0.25) is 0 Å². The monoisotopic (exact) mass is 198 g/mol. The van der Waals surface area contributed by atoms with E-state index in [0.29, 0.717) is 5.92 Å². The maximum Gasteiger partial charge on any atom is 0.315 e. The van der Waals surface area contributed by atoms with Crippen LogP contribution in [-0.4, -0.2) is 18.1 Å². The zero-order chi connectivity index (χ0) is 10.8. The Labute approximate surface area is 86.6 Å². The van der Waals surface area contributed by atoms with E-state index in [-0.39, 0.29) is 11.6 Å². The fourth-order valence-electron chi connectivity index (χ4n) is 1.47. The minimum atomic E-state index is -0.146. The van der Waals surface area contributed by atoms with Crippen molar-refractivity contribution < 1.29 is 4.79 Å². The van der Waals surface area contributed by atoms with E-state index >= 15 is 0 Å². The molecule has 1 fully saturated rings. The highest BCUT2D eigenvalue weighted by Gasteiger charge is 2.28. The molecule has 0 bridgehead atoms. The summed E-state index contributed by atoms with van der Waals surface area (Å²) in [6.45, 7) is 8.95. The third kappa shape index (κ3) is 4.49. The smallest absolute Gasteiger partial charge is 0.315 e. The lowest BCUT2D eigenvalue weighted by Crippen LogP contribution is -2.47. The van der Waals surface area contributed by atoms with Crippen LogP contribution in [0.5, 0.6) is 0 Å². The summed E-state index contributed by atoms with van der Waals surface area (Å²) < 4.78 is 0. The molecule has 0 aliphatic heterocycles. The van der Waals surface area contributed by atoms with Gasteiger partial charge in [-0.3, -0.25) is 0 Å². The van der Waals surface area contributed by atoms with Crippen molar-refractivity contribution in [2.75, 3.05) is 6.54 Å². The lowest BCUT2D eigenvalue weighted by Gasteiger charge is -2.21. The van der Waals surface area contributed by atoms with Crippen molar-refractivity contribution in [2.45, 2.75) is 46.1 Å². The molecule has 0 saturated heterocycles. The number of carbonyl (C=O) groups is 1. The van der Waals surface area contributed by atoms with Gasteiger partial charge in [-0.25, -0.2) is 4.79 Å². The first-order valence-corrected chi connectivity index (χ1v) is 5.44.